The lowest BCUT2D eigenvalue weighted by atomic mass is 10.1. The van der Waals surface area contributed by atoms with Crippen LogP contribution in [-0.2, 0) is 21.8 Å². The van der Waals surface area contributed by atoms with Gasteiger partial charge in [0.1, 0.15) is 44.0 Å². The summed E-state index contributed by atoms with van der Waals surface area (Å²) in [5.74, 6) is -0.432. The van der Waals surface area contributed by atoms with Crippen molar-refractivity contribution in [1.29, 1.82) is 0 Å². The van der Waals surface area contributed by atoms with Gasteiger partial charge in [0.05, 0.1) is 29.5 Å². The molecule has 3 aromatic carbocycles. The third kappa shape index (κ3) is 7.10. The van der Waals surface area contributed by atoms with Gasteiger partial charge in [-0.15, -0.1) is 0 Å². The number of halogens is 2. The fourth-order valence-electron chi connectivity index (χ4n) is 6.25. The van der Waals surface area contributed by atoms with Crippen LogP contribution in [0.2, 0.25) is 10.0 Å². The lowest BCUT2D eigenvalue weighted by Gasteiger charge is -2.37. The zero-order valence-corrected chi connectivity index (χ0v) is 29.2. The Kier molecular flexibility index (Phi) is 9.84. The molecule has 1 N–H and O–H groups in total. The Balaban J connectivity index is 0.924. The monoisotopic (exact) mass is 720 g/mol. The highest BCUT2D eigenvalue weighted by Crippen LogP contribution is 2.40. The Morgan fingerprint density at radius 3 is 2.20 bits per heavy atom. The molecule has 2 fully saturated rings. The summed E-state index contributed by atoms with van der Waals surface area (Å²) in [5, 5.41) is 19.2. The summed E-state index contributed by atoms with van der Waals surface area (Å²) in [6.07, 6.45) is 3.53. The highest BCUT2D eigenvalue weighted by molar-refractivity contribution is 6.35. The average Bonchev–Trinajstić information content (AvgIpc) is 3.88. The van der Waals surface area contributed by atoms with Gasteiger partial charge in [0.25, 0.3) is 0 Å². The van der Waals surface area contributed by atoms with Crippen LogP contribution in [0, 0.1) is 0 Å². The van der Waals surface area contributed by atoms with Gasteiger partial charge in [0.15, 0.2) is 0 Å². The summed E-state index contributed by atoms with van der Waals surface area (Å²) in [7, 11) is 0. The van der Waals surface area contributed by atoms with Crippen molar-refractivity contribution in [2.75, 3.05) is 49.2 Å². The van der Waals surface area contributed by atoms with Gasteiger partial charge in [-0.05, 0) is 74.5 Å². The molecule has 0 spiro atoms. The third-order valence-electron chi connectivity index (χ3n) is 9.23. The average molecular weight is 722 g/mol. The molecular formula is C35H38Cl2N8O5. The van der Waals surface area contributed by atoms with Gasteiger partial charge in [-0.25, -0.2) is 23.7 Å². The first kappa shape index (κ1) is 34.1. The predicted molar refractivity (Wildman–Crippen MR) is 190 cm³/mol. The van der Waals surface area contributed by atoms with E-state index in [2.05, 4.69) is 37.1 Å². The van der Waals surface area contributed by atoms with Gasteiger partial charge in [0, 0.05) is 48.1 Å². The number of anilines is 2. The topological polar surface area (TPSA) is 125 Å². The van der Waals surface area contributed by atoms with E-state index in [0.29, 0.717) is 28.8 Å². The van der Waals surface area contributed by atoms with Crippen molar-refractivity contribution in [3.8, 4) is 11.4 Å². The number of nitrogens with zero attached hydrogens (tertiary/aromatic N) is 8. The van der Waals surface area contributed by atoms with E-state index in [1.54, 1.807) is 37.0 Å². The molecule has 0 bridgehead atoms. The molecule has 13 nitrogen and oxygen atoms in total. The van der Waals surface area contributed by atoms with Gasteiger partial charge in [-0.3, -0.25) is 0 Å². The minimum atomic E-state index is -1.17. The van der Waals surface area contributed by atoms with Gasteiger partial charge in [-0.2, -0.15) is 10.2 Å². The highest BCUT2D eigenvalue weighted by atomic mass is 35.5. The molecule has 262 valence electrons. The lowest BCUT2D eigenvalue weighted by molar-refractivity contribution is -0.190. The van der Waals surface area contributed by atoms with E-state index < -0.39 is 17.9 Å². The van der Waals surface area contributed by atoms with Crippen LogP contribution in [0.1, 0.15) is 25.5 Å². The summed E-state index contributed by atoms with van der Waals surface area (Å²) in [5.41, 5.74) is 3.33. The van der Waals surface area contributed by atoms with E-state index >= 15 is 0 Å². The van der Waals surface area contributed by atoms with E-state index in [-0.39, 0.29) is 18.3 Å². The Morgan fingerprint density at radius 2 is 1.58 bits per heavy atom. The van der Waals surface area contributed by atoms with Crippen LogP contribution in [-0.4, -0.2) is 85.8 Å². The molecule has 0 unspecified atom stereocenters. The van der Waals surface area contributed by atoms with Crippen molar-refractivity contribution in [1.82, 2.24) is 29.1 Å². The molecule has 0 radical (unpaired) electrons. The van der Waals surface area contributed by atoms with E-state index in [9.17, 15) is 9.90 Å². The highest BCUT2D eigenvalue weighted by Gasteiger charge is 2.45. The van der Waals surface area contributed by atoms with Crippen LogP contribution in [0.4, 0.5) is 11.4 Å². The number of rotatable bonds is 11. The molecule has 2 saturated heterocycles. The van der Waals surface area contributed by atoms with Crippen LogP contribution < -0.4 is 20.2 Å². The zero-order valence-electron chi connectivity index (χ0n) is 27.7. The Morgan fingerprint density at radius 1 is 0.920 bits per heavy atom. The van der Waals surface area contributed by atoms with Gasteiger partial charge in [-0.1, -0.05) is 29.3 Å². The molecule has 50 heavy (non-hydrogen) atoms. The van der Waals surface area contributed by atoms with Crippen molar-refractivity contribution < 1.29 is 19.3 Å². The Hall–Kier alpha value is -4.40. The first-order valence-electron chi connectivity index (χ1n) is 16.5. The number of piperazine rings is 1. The summed E-state index contributed by atoms with van der Waals surface area (Å²) in [6, 6.07) is 20.8. The SMILES string of the molecule is C[C@H](O)[C@@H](C)n1ncn(-c2ccc(N3CCN(c4ccc(OC[C@@H]5CO[C@@](Cn6cncn6)(c6ccc(Cl)cc6Cl)O5)cc4)CC3)cc2)c1=O. The van der Waals surface area contributed by atoms with Crippen LogP contribution in [0.25, 0.3) is 5.69 Å². The first-order valence-corrected chi connectivity index (χ1v) is 17.2. The van der Waals surface area contributed by atoms with Crippen molar-refractivity contribution in [2.24, 2.45) is 0 Å². The summed E-state index contributed by atoms with van der Waals surface area (Å²) >= 11 is 12.7. The summed E-state index contributed by atoms with van der Waals surface area (Å²) < 4.78 is 23.3. The van der Waals surface area contributed by atoms with Crippen LogP contribution in [0.5, 0.6) is 5.75 Å². The fourth-order valence-corrected chi connectivity index (χ4v) is 6.80. The van der Waals surface area contributed by atoms with E-state index in [0.717, 1.165) is 49.0 Å². The smallest absolute Gasteiger partial charge is 0.350 e. The molecule has 5 aromatic rings. The van der Waals surface area contributed by atoms with E-state index in [1.807, 2.05) is 42.5 Å². The van der Waals surface area contributed by atoms with Crippen LogP contribution in [0.15, 0.2) is 90.5 Å². The number of hydrogen-bond donors (Lipinski definition) is 1. The first-order chi connectivity index (χ1) is 24.2. The molecular weight excluding hydrogens is 683 g/mol. The Labute approximate surface area is 299 Å². The Bertz CT molecular complexity index is 1940. The van der Waals surface area contributed by atoms with Crippen molar-refractivity contribution >= 4 is 34.6 Å². The quantitative estimate of drug-likeness (QED) is 0.208. The number of aromatic nitrogens is 6. The second kappa shape index (κ2) is 14.4. The predicted octanol–water partition coefficient (Wildman–Crippen LogP) is 4.55. The second-order valence-electron chi connectivity index (χ2n) is 12.5. The molecule has 0 amide bonds. The molecule has 2 aliphatic heterocycles. The van der Waals surface area contributed by atoms with Crippen molar-refractivity contribution in [3.63, 3.8) is 0 Å². The minimum absolute atomic E-state index is 0.261. The van der Waals surface area contributed by atoms with Crippen LogP contribution >= 0.6 is 23.2 Å². The molecule has 4 heterocycles. The van der Waals surface area contributed by atoms with Crippen molar-refractivity contribution in [2.45, 2.75) is 44.4 Å². The number of ether oxygens (including phenoxy) is 3. The maximum atomic E-state index is 12.8. The summed E-state index contributed by atoms with van der Waals surface area (Å²) in [4.78, 5) is 21.6. The zero-order chi connectivity index (χ0) is 34.8. The fraction of sp³-hybridized carbons (Fsp3) is 0.371. The van der Waals surface area contributed by atoms with E-state index in [4.69, 9.17) is 37.4 Å². The number of aliphatic hydroxyl groups excluding tert-OH is 1. The van der Waals surface area contributed by atoms with E-state index in [1.165, 1.54) is 21.9 Å². The van der Waals surface area contributed by atoms with Crippen molar-refractivity contribution in [3.05, 3.63) is 112 Å². The maximum Gasteiger partial charge on any atom is 0.350 e. The largest absolute Gasteiger partial charge is 0.491 e. The van der Waals surface area contributed by atoms with Gasteiger partial charge < -0.3 is 29.1 Å². The molecule has 0 saturated carbocycles. The minimum Gasteiger partial charge on any atom is -0.491 e. The third-order valence-corrected chi connectivity index (χ3v) is 9.77. The number of aliphatic hydroxyl groups is 1. The standard InChI is InChI=1S/C35H38Cl2N8O5/c1-24(25(2)46)45-34(47)44(23-40-45)29-6-4-27(5-7-29)41-13-15-42(16-14-41)28-8-10-30(11-9-28)48-18-31-19-49-35(50-31,20-43-22-38-21-39-43)32-12-3-26(36)17-33(32)37/h3-12,17,21-25,31,46H,13-16,18-20H2,1-2H3/t24-,25+,31-,35-/m1/s1. The van der Waals surface area contributed by atoms with Gasteiger partial charge in [0.2, 0.25) is 5.79 Å². The molecule has 0 aliphatic carbocycles. The maximum absolute atomic E-state index is 12.8. The normalized spacial score (nSPS) is 20.6. The number of hydrogen-bond acceptors (Lipinski definition) is 10. The molecule has 4 atom stereocenters. The molecule has 2 aromatic heterocycles. The molecule has 15 heteroatoms. The lowest BCUT2D eigenvalue weighted by Crippen LogP contribution is -2.46. The number of benzene rings is 3. The van der Waals surface area contributed by atoms with Gasteiger partial charge >= 0.3 is 5.69 Å². The molecule has 7 rings (SSSR count). The van der Waals surface area contributed by atoms with Crippen LogP contribution in [0.3, 0.4) is 0 Å². The second-order valence-corrected chi connectivity index (χ2v) is 13.4. The summed E-state index contributed by atoms with van der Waals surface area (Å²) in [6.45, 7) is 7.71. The molecule has 2 aliphatic rings.